The Balaban J connectivity index is 2.30. The van der Waals surface area contributed by atoms with Gasteiger partial charge in [-0.2, -0.15) is 5.01 Å². The normalized spacial score (nSPS) is 26.1. The number of para-hydroxylation sites is 1. The smallest absolute Gasteiger partial charge is 0.432 e. The number of ether oxygens (including phenoxy) is 1. The van der Waals surface area contributed by atoms with E-state index in [9.17, 15) is 14.3 Å². The summed E-state index contributed by atoms with van der Waals surface area (Å²) < 4.78 is 18.5. The fourth-order valence-corrected chi connectivity index (χ4v) is 1.63. The molecule has 18 heavy (non-hydrogen) atoms. The molecule has 0 bridgehead atoms. The molecule has 0 aromatic heterocycles. The van der Waals surface area contributed by atoms with Gasteiger partial charge in [0, 0.05) is 0 Å². The van der Waals surface area contributed by atoms with Crippen LogP contribution in [0.25, 0.3) is 0 Å². The molecule has 1 unspecified atom stereocenters. The second-order valence-corrected chi connectivity index (χ2v) is 4.83. The molecule has 1 heterocycles. The van der Waals surface area contributed by atoms with Crippen molar-refractivity contribution in [3.63, 3.8) is 0 Å². The number of anilines is 1. The first-order valence-electron chi connectivity index (χ1n) is 5.52. The van der Waals surface area contributed by atoms with Gasteiger partial charge in [0.15, 0.2) is 11.3 Å². The SMILES string of the molecule is CC1(C)OC(=O)N(Nc2ccccc2F)C1(C)O. The van der Waals surface area contributed by atoms with Crippen LogP contribution in [0.3, 0.4) is 0 Å². The number of nitrogens with zero attached hydrogens (tertiary/aromatic N) is 1. The molecular weight excluding hydrogens is 239 g/mol. The molecule has 0 spiro atoms. The van der Waals surface area contributed by atoms with Gasteiger partial charge >= 0.3 is 6.09 Å². The van der Waals surface area contributed by atoms with E-state index in [4.69, 9.17) is 4.74 Å². The van der Waals surface area contributed by atoms with Crippen LogP contribution in [0, 0.1) is 5.82 Å². The zero-order valence-electron chi connectivity index (χ0n) is 10.4. The van der Waals surface area contributed by atoms with Gasteiger partial charge in [-0.25, -0.2) is 9.18 Å². The van der Waals surface area contributed by atoms with Crippen molar-refractivity contribution in [1.82, 2.24) is 5.01 Å². The second kappa shape index (κ2) is 3.84. The van der Waals surface area contributed by atoms with Gasteiger partial charge in [0.2, 0.25) is 0 Å². The van der Waals surface area contributed by atoms with Crippen LogP contribution in [0.15, 0.2) is 24.3 Å². The summed E-state index contributed by atoms with van der Waals surface area (Å²) in [5.74, 6) is -0.522. The van der Waals surface area contributed by atoms with Crippen LogP contribution in [0.2, 0.25) is 0 Å². The highest BCUT2D eigenvalue weighted by molar-refractivity contribution is 5.74. The number of hydrogen-bond acceptors (Lipinski definition) is 4. The van der Waals surface area contributed by atoms with Crippen LogP contribution >= 0.6 is 0 Å². The number of rotatable bonds is 2. The Hall–Kier alpha value is -1.82. The number of cyclic esters (lactones) is 1. The standard InChI is InChI=1S/C12H15FN2O3/c1-11(2)12(3,17)15(10(16)18-11)14-9-7-5-4-6-8(9)13/h4-7,14,17H,1-3H3. The van der Waals surface area contributed by atoms with Crippen LogP contribution in [-0.4, -0.2) is 27.5 Å². The van der Waals surface area contributed by atoms with Crippen LogP contribution in [0.4, 0.5) is 14.9 Å². The molecule has 0 saturated carbocycles. The summed E-state index contributed by atoms with van der Waals surface area (Å²) in [6, 6.07) is 5.87. The Morgan fingerprint density at radius 3 is 2.44 bits per heavy atom. The van der Waals surface area contributed by atoms with Crippen molar-refractivity contribution in [1.29, 1.82) is 0 Å². The van der Waals surface area contributed by atoms with E-state index in [2.05, 4.69) is 5.43 Å². The molecule has 0 radical (unpaired) electrons. The Kier molecular flexibility index (Phi) is 2.70. The lowest BCUT2D eigenvalue weighted by molar-refractivity contribution is -0.121. The largest absolute Gasteiger partial charge is 0.437 e. The van der Waals surface area contributed by atoms with E-state index in [1.807, 2.05) is 0 Å². The minimum Gasteiger partial charge on any atom is -0.437 e. The molecule has 1 aromatic carbocycles. The predicted molar refractivity (Wildman–Crippen MR) is 63.0 cm³/mol. The van der Waals surface area contributed by atoms with Crippen molar-refractivity contribution in [3.05, 3.63) is 30.1 Å². The van der Waals surface area contributed by atoms with E-state index in [0.717, 1.165) is 5.01 Å². The number of amides is 1. The molecule has 5 nitrogen and oxygen atoms in total. The first-order chi connectivity index (χ1) is 8.25. The quantitative estimate of drug-likeness (QED) is 0.848. The third kappa shape index (κ3) is 1.78. The first kappa shape index (κ1) is 12.6. The van der Waals surface area contributed by atoms with Crippen LogP contribution in [0.5, 0.6) is 0 Å². The van der Waals surface area contributed by atoms with Gasteiger partial charge in [0.1, 0.15) is 5.82 Å². The van der Waals surface area contributed by atoms with Crippen molar-refractivity contribution in [2.24, 2.45) is 0 Å². The Bertz CT molecular complexity index is 488. The third-order valence-electron chi connectivity index (χ3n) is 3.21. The highest BCUT2D eigenvalue weighted by Gasteiger charge is 2.57. The van der Waals surface area contributed by atoms with Gasteiger partial charge in [-0.1, -0.05) is 12.1 Å². The molecule has 1 aliphatic heterocycles. The van der Waals surface area contributed by atoms with Crippen LogP contribution < -0.4 is 5.43 Å². The molecule has 1 aliphatic rings. The molecule has 1 fully saturated rings. The van der Waals surface area contributed by atoms with Gasteiger partial charge in [0.05, 0.1) is 5.69 Å². The summed E-state index contributed by atoms with van der Waals surface area (Å²) in [6.07, 6.45) is -0.756. The molecule has 98 valence electrons. The van der Waals surface area contributed by atoms with Gasteiger partial charge in [-0.3, -0.25) is 5.43 Å². The lowest BCUT2D eigenvalue weighted by Crippen LogP contribution is -2.55. The molecule has 2 N–H and O–H groups in total. The average molecular weight is 254 g/mol. The number of carbonyl (C=O) groups excluding carboxylic acids is 1. The van der Waals surface area contributed by atoms with Crippen molar-refractivity contribution < 1.29 is 19.0 Å². The number of nitrogens with one attached hydrogen (secondary N) is 1. The molecule has 2 rings (SSSR count). The molecule has 1 aromatic rings. The zero-order valence-corrected chi connectivity index (χ0v) is 10.4. The summed E-state index contributed by atoms with van der Waals surface area (Å²) in [6.45, 7) is 4.58. The Morgan fingerprint density at radius 1 is 1.33 bits per heavy atom. The first-order valence-corrected chi connectivity index (χ1v) is 5.52. The van der Waals surface area contributed by atoms with E-state index < -0.39 is 23.2 Å². The summed E-state index contributed by atoms with van der Waals surface area (Å²) >= 11 is 0. The Morgan fingerprint density at radius 2 is 1.94 bits per heavy atom. The van der Waals surface area contributed by atoms with Crippen molar-refractivity contribution in [2.75, 3.05) is 5.43 Å². The number of hydrogen-bond donors (Lipinski definition) is 2. The average Bonchev–Trinajstić information content (AvgIpc) is 2.40. The van der Waals surface area contributed by atoms with E-state index in [0.29, 0.717) is 0 Å². The maximum absolute atomic E-state index is 13.5. The number of benzene rings is 1. The second-order valence-electron chi connectivity index (χ2n) is 4.83. The molecule has 1 atom stereocenters. The number of hydrazine groups is 1. The van der Waals surface area contributed by atoms with Crippen molar-refractivity contribution >= 4 is 11.8 Å². The lowest BCUT2D eigenvalue weighted by Gasteiger charge is -2.34. The maximum Gasteiger partial charge on any atom is 0.432 e. The molecule has 0 aliphatic carbocycles. The highest BCUT2D eigenvalue weighted by Crippen LogP contribution is 2.37. The van der Waals surface area contributed by atoms with Crippen molar-refractivity contribution in [3.8, 4) is 0 Å². The molecule has 6 heteroatoms. The predicted octanol–water partition coefficient (Wildman–Crippen LogP) is 2.09. The van der Waals surface area contributed by atoms with Gasteiger partial charge < -0.3 is 9.84 Å². The summed E-state index contributed by atoms with van der Waals surface area (Å²) in [4.78, 5) is 11.7. The van der Waals surface area contributed by atoms with E-state index in [1.165, 1.54) is 25.1 Å². The molecule has 1 saturated heterocycles. The number of carbonyl (C=O) groups is 1. The van der Waals surface area contributed by atoms with E-state index in [1.54, 1.807) is 19.9 Å². The molecule has 1 amide bonds. The van der Waals surface area contributed by atoms with E-state index >= 15 is 0 Å². The van der Waals surface area contributed by atoms with Crippen LogP contribution in [-0.2, 0) is 4.74 Å². The summed E-state index contributed by atoms with van der Waals surface area (Å²) in [7, 11) is 0. The summed E-state index contributed by atoms with van der Waals surface area (Å²) in [5.41, 5.74) is -0.0570. The topological polar surface area (TPSA) is 61.8 Å². The van der Waals surface area contributed by atoms with Gasteiger partial charge in [-0.15, -0.1) is 0 Å². The van der Waals surface area contributed by atoms with Gasteiger partial charge in [0.25, 0.3) is 0 Å². The molecular formula is C12H15FN2O3. The van der Waals surface area contributed by atoms with Gasteiger partial charge in [-0.05, 0) is 32.9 Å². The van der Waals surface area contributed by atoms with E-state index in [-0.39, 0.29) is 5.69 Å². The Labute approximate surface area is 104 Å². The van der Waals surface area contributed by atoms with Crippen molar-refractivity contribution in [2.45, 2.75) is 32.1 Å². The fourth-order valence-electron chi connectivity index (χ4n) is 1.63. The van der Waals surface area contributed by atoms with Crippen LogP contribution in [0.1, 0.15) is 20.8 Å². The lowest BCUT2D eigenvalue weighted by atomic mass is 9.97. The zero-order chi connectivity index (χ0) is 13.6. The minimum atomic E-state index is -1.59. The minimum absolute atomic E-state index is 0.0902. The summed E-state index contributed by atoms with van der Waals surface area (Å²) in [5, 5.41) is 11.2. The fraction of sp³-hybridized carbons (Fsp3) is 0.417. The number of aliphatic hydroxyl groups is 1. The highest BCUT2D eigenvalue weighted by atomic mass is 19.1. The monoisotopic (exact) mass is 254 g/mol. The third-order valence-corrected chi connectivity index (χ3v) is 3.21. The number of halogens is 1. The maximum atomic E-state index is 13.5.